The van der Waals surface area contributed by atoms with Crippen molar-refractivity contribution in [3.05, 3.63) is 0 Å². The fraction of sp³-hybridized carbons (Fsp3) is 1.00. The lowest BCUT2D eigenvalue weighted by Crippen LogP contribution is -2.35. The van der Waals surface area contributed by atoms with Crippen LogP contribution in [-0.2, 0) is 0 Å². The van der Waals surface area contributed by atoms with E-state index < -0.39 is 5.60 Å². The number of hydrogen-bond acceptors (Lipinski definition) is 2. The Hall–Kier alpha value is -0.0800. The van der Waals surface area contributed by atoms with E-state index in [1.807, 2.05) is 0 Å². The van der Waals surface area contributed by atoms with Crippen LogP contribution >= 0.6 is 0 Å². The molecule has 0 aromatic heterocycles. The van der Waals surface area contributed by atoms with Gasteiger partial charge in [0.25, 0.3) is 0 Å². The normalized spacial score (nSPS) is 50.7. The van der Waals surface area contributed by atoms with Crippen molar-refractivity contribution in [2.24, 2.45) is 5.92 Å². The van der Waals surface area contributed by atoms with Gasteiger partial charge in [0.2, 0.25) is 0 Å². The van der Waals surface area contributed by atoms with Gasteiger partial charge in [-0.25, -0.2) is 0 Å². The Morgan fingerprint density at radius 2 is 2.09 bits per heavy atom. The van der Waals surface area contributed by atoms with Gasteiger partial charge in [0.15, 0.2) is 0 Å². The first-order valence-electron chi connectivity index (χ1n) is 4.61. The van der Waals surface area contributed by atoms with Crippen LogP contribution < -0.4 is 0 Å². The first-order valence-corrected chi connectivity index (χ1v) is 4.61. The monoisotopic (exact) mass is 156 g/mol. The summed E-state index contributed by atoms with van der Waals surface area (Å²) < 4.78 is 0. The molecule has 0 unspecified atom stereocenters. The second-order valence-corrected chi connectivity index (χ2v) is 4.14. The molecular weight excluding hydrogens is 140 g/mol. The maximum absolute atomic E-state index is 10.0. The molecule has 0 aromatic rings. The second kappa shape index (κ2) is 2.46. The van der Waals surface area contributed by atoms with E-state index in [4.69, 9.17) is 0 Å². The van der Waals surface area contributed by atoms with Crippen molar-refractivity contribution in [1.29, 1.82) is 0 Å². The summed E-state index contributed by atoms with van der Waals surface area (Å²) in [6.07, 6.45) is 5.62. The zero-order chi connectivity index (χ0) is 7.90. The van der Waals surface area contributed by atoms with Crippen LogP contribution in [0.3, 0.4) is 0 Å². The summed E-state index contributed by atoms with van der Waals surface area (Å²) in [4.78, 5) is 0. The molecule has 2 heteroatoms. The molecule has 0 radical (unpaired) electrons. The van der Waals surface area contributed by atoms with Crippen LogP contribution in [0.25, 0.3) is 0 Å². The highest BCUT2D eigenvalue weighted by molar-refractivity contribution is 4.98. The fourth-order valence-electron chi connectivity index (χ4n) is 2.72. The van der Waals surface area contributed by atoms with Crippen LogP contribution in [0.15, 0.2) is 0 Å². The average Bonchev–Trinajstić information content (AvgIpc) is 2.22. The summed E-state index contributed by atoms with van der Waals surface area (Å²) in [6, 6.07) is 0. The zero-order valence-corrected chi connectivity index (χ0v) is 6.79. The molecule has 2 N–H and O–H groups in total. The van der Waals surface area contributed by atoms with E-state index in [0.29, 0.717) is 12.3 Å². The molecule has 0 bridgehead atoms. The van der Waals surface area contributed by atoms with Crippen LogP contribution in [0.1, 0.15) is 38.5 Å². The Morgan fingerprint density at radius 1 is 1.27 bits per heavy atom. The zero-order valence-electron chi connectivity index (χ0n) is 6.79. The quantitative estimate of drug-likeness (QED) is 0.550. The van der Waals surface area contributed by atoms with Crippen LogP contribution in [0.5, 0.6) is 0 Å². The lowest BCUT2D eigenvalue weighted by Gasteiger charge is -2.34. The molecule has 11 heavy (non-hydrogen) atoms. The molecule has 0 aromatic carbocycles. The van der Waals surface area contributed by atoms with Gasteiger partial charge in [0, 0.05) is 6.42 Å². The van der Waals surface area contributed by atoms with Gasteiger partial charge in [-0.3, -0.25) is 0 Å². The SMILES string of the molecule is O[C@H]1C[C@@H]2CCCC[C@]2(O)C1. The van der Waals surface area contributed by atoms with Gasteiger partial charge in [-0.2, -0.15) is 0 Å². The Balaban J connectivity index is 2.11. The van der Waals surface area contributed by atoms with Crippen molar-refractivity contribution < 1.29 is 10.2 Å². The highest BCUT2D eigenvalue weighted by Crippen LogP contribution is 2.45. The molecule has 2 fully saturated rings. The Bertz CT molecular complexity index is 158. The van der Waals surface area contributed by atoms with Gasteiger partial charge in [-0.05, 0) is 25.2 Å². The molecule has 2 aliphatic rings. The third kappa shape index (κ3) is 1.18. The van der Waals surface area contributed by atoms with Crippen molar-refractivity contribution in [3.8, 4) is 0 Å². The van der Waals surface area contributed by atoms with Crippen LogP contribution in [0.2, 0.25) is 0 Å². The maximum Gasteiger partial charge on any atom is 0.0701 e. The lowest BCUT2D eigenvalue weighted by molar-refractivity contribution is -0.0309. The predicted octanol–water partition coefficient (Wildman–Crippen LogP) is 1.06. The standard InChI is InChI=1S/C9H16O2/c10-8-5-7-3-1-2-4-9(7,11)6-8/h7-8,10-11H,1-6H2/t7-,8-,9-/m0/s1. The largest absolute Gasteiger partial charge is 0.393 e. The molecule has 3 atom stereocenters. The van der Waals surface area contributed by atoms with Gasteiger partial charge in [-0.1, -0.05) is 12.8 Å². The topological polar surface area (TPSA) is 40.5 Å². The second-order valence-electron chi connectivity index (χ2n) is 4.14. The molecule has 2 saturated carbocycles. The van der Waals surface area contributed by atoms with E-state index in [1.54, 1.807) is 0 Å². The molecule has 2 aliphatic carbocycles. The summed E-state index contributed by atoms with van der Waals surface area (Å²) in [5.41, 5.74) is -0.488. The Morgan fingerprint density at radius 3 is 2.82 bits per heavy atom. The van der Waals surface area contributed by atoms with Gasteiger partial charge in [0.1, 0.15) is 0 Å². The van der Waals surface area contributed by atoms with Gasteiger partial charge in [0.05, 0.1) is 11.7 Å². The highest BCUT2D eigenvalue weighted by Gasteiger charge is 2.46. The van der Waals surface area contributed by atoms with E-state index >= 15 is 0 Å². The fourth-order valence-corrected chi connectivity index (χ4v) is 2.72. The minimum Gasteiger partial charge on any atom is -0.393 e. The average molecular weight is 156 g/mol. The van der Waals surface area contributed by atoms with Crippen molar-refractivity contribution in [1.82, 2.24) is 0 Å². The van der Waals surface area contributed by atoms with Crippen LogP contribution in [-0.4, -0.2) is 21.9 Å². The molecule has 0 heterocycles. The van der Waals surface area contributed by atoms with E-state index in [1.165, 1.54) is 6.42 Å². The summed E-state index contributed by atoms with van der Waals surface area (Å²) in [7, 11) is 0. The number of aliphatic hydroxyl groups excluding tert-OH is 1. The third-order valence-electron chi connectivity index (χ3n) is 3.32. The molecule has 0 aliphatic heterocycles. The molecule has 0 spiro atoms. The van der Waals surface area contributed by atoms with Crippen molar-refractivity contribution in [2.45, 2.75) is 50.2 Å². The number of hydrogen-bond donors (Lipinski definition) is 2. The molecular formula is C9H16O2. The first-order chi connectivity index (χ1) is 5.21. The summed E-state index contributed by atoms with van der Waals surface area (Å²) in [5.74, 6) is 0.395. The number of aliphatic hydroxyl groups is 2. The lowest BCUT2D eigenvalue weighted by atomic mass is 9.78. The van der Waals surface area contributed by atoms with Crippen LogP contribution in [0.4, 0.5) is 0 Å². The smallest absolute Gasteiger partial charge is 0.0701 e. The molecule has 2 rings (SSSR count). The van der Waals surface area contributed by atoms with Crippen LogP contribution in [0, 0.1) is 5.92 Å². The van der Waals surface area contributed by atoms with E-state index in [2.05, 4.69) is 0 Å². The van der Waals surface area contributed by atoms with E-state index in [9.17, 15) is 10.2 Å². The van der Waals surface area contributed by atoms with Gasteiger partial charge >= 0.3 is 0 Å². The highest BCUT2D eigenvalue weighted by atomic mass is 16.3. The molecule has 0 saturated heterocycles. The maximum atomic E-state index is 10.0. The summed E-state index contributed by atoms with van der Waals surface area (Å²) in [5, 5.41) is 19.4. The summed E-state index contributed by atoms with van der Waals surface area (Å²) in [6.45, 7) is 0. The minimum atomic E-state index is -0.488. The number of rotatable bonds is 0. The Kier molecular flexibility index (Phi) is 1.69. The molecule has 2 nitrogen and oxygen atoms in total. The van der Waals surface area contributed by atoms with Crippen molar-refractivity contribution in [3.63, 3.8) is 0 Å². The van der Waals surface area contributed by atoms with E-state index in [0.717, 1.165) is 25.7 Å². The first kappa shape index (κ1) is 7.56. The molecule has 64 valence electrons. The minimum absolute atomic E-state index is 0.233. The van der Waals surface area contributed by atoms with Gasteiger partial charge < -0.3 is 10.2 Å². The Labute approximate surface area is 67.2 Å². The van der Waals surface area contributed by atoms with Crippen molar-refractivity contribution >= 4 is 0 Å². The third-order valence-corrected chi connectivity index (χ3v) is 3.32. The summed E-state index contributed by atoms with van der Waals surface area (Å²) >= 11 is 0. The molecule has 0 amide bonds. The van der Waals surface area contributed by atoms with Gasteiger partial charge in [-0.15, -0.1) is 0 Å². The predicted molar refractivity (Wildman–Crippen MR) is 42.1 cm³/mol. The van der Waals surface area contributed by atoms with Crippen molar-refractivity contribution in [2.75, 3.05) is 0 Å². The number of fused-ring (bicyclic) bond motifs is 1. The van der Waals surface area contributed by atoms with E-state index in [-0.39, 0.29) is 6.10 Å².